The number of benzene rings is 2. The van der Waals surface area contributed by atoms with E-state index in [2.05, 4.69) is 32.2 Å². The van der Waals surface area contributed by atoms with Gasteiger partial charge in [0.25, 0.3) is 0 Å². The topological polar surface area (TPSA) is 38.0 Å². The molecule has 0 atom stereocenters. The maximum atomic E-state index is 13.3. The lowest BCUT2D eigenvalue weighted by atomic mass is 9.86. The van der Waals surface area contributed by atoms with Crippen LogP contribution >= 0.6 is 0 Å². The number of hydrogen-bond donors (Lipinski definition) is 2. The van der Waals surface area contributed by atoms with Crippen LogP contribution in [0.1, 0.15) is 26.3 Å². The lowest BCUT2D eigenvalue weighted by molar-refractivity contribution is 0.592. The molecular weight excluding hydrogens is 239 g/mol. The van der Waals surface area contributed by atoms with Crippen LogP contribution in [0.5, 0.6) is 0 Å². The third kappa shape index (κ3) is 3.25. The van der Waals surface area contributed by atoms with E-state index in [0.717, 1.165) is 5.69 Å². The molecule has 2 nitrogen and oxygen atoms in total. The van der Waals surface area contributed by atoms with Crippen molar-refractivity contribution >= 4 is 17.1 Å². The van der Waals surface area contributed by atoms with Crippen molar-refractivity contribution in [1.29, 1.82) is 0 Å². The molecule has 0 spiro atoms. The average molecular weight is 258 g/mol. The Balaban J connectivity index is 2.38. The smallest absolute Gasteiger partial charge is 0.127 e. The van der Waals surface area contributed by atoms with Gasteiger partial charge in [-0.1, -0.05) is 39.0 Å². The van der Waals surface area contributed by atoms with Crippen molar-refractivity contribution in [2.75, 3.05) is 11.1 Å². The van der Waals surface area contributed by atoms with Gasteiger partial charge < -0.3 is 11.1 Å². The molecule has 100 valence electrons. The van der Waals surface area contributed by atoms with Crippen LogP contribution in [0.3, 0.4) is 0 Å². The number of anilines is 3. The van der Waals surface area contributed by atoms with Gasteiger partial charge in [-0.15, -0.1) is 0 Å². The van der Waals surface area contributed by atoms with E-state index in [1.165, 1.54) is 17.7 Å². The Morgan fingerprint density at radius 3 is 2.37 bits per heavy atom. The Morgan fingerprint density at radius 1 is 1.05 bits per heavy atom. The maximum absolute atomic E-state index is 13.3. The van der Waals surface area contributed by atoms with E-state index in [-0.39, 0.29) is 11.2 Å². The molecule has 3 heteroatoms. The fourth-order valence-corrected chi connectivity index (χ4v) is 2.09. The van der Waals surface area contributed by atoms with Crippen LogP contribution in [0.15, 0.2) is 42.5 Å². The van der Waals surface area contributed by atoms with Gasteiger partial charge in [0, 0.05) is 17.1 Å². The highest BCUT2D eigenvalue weighted by molar-refractivity contribution is 5.67. The molecule has 0 aliphatic carbocycles. The average Bonchev–Trinajstić information content (AvgIpc) is 2.26. The second-order valence-corrected chi connectivity index (χ2v) is 5.69. The summed E-state index contributed by atoms with van der Waals surface area (Å²) in [5, 5.41) is 3.24. The van der Waals surface area contributed by atoms with Crippen molar-refractivity contribution in [3.05, 3.63) is 53.8 Å². The van der Waals surface area contributed by atoms with E-state index in [1.54, 1.807) is 6.07 Å². The summed E-state index contributed by atoms with van der Waals surface area (Å²) in [6.07, 6.45) is 0. The monoisotopic (exact) mass is 258 g/mol. The first-order valence-electron chi connectivity index (χ1n) is 6.29. The van der Waals surface area contributed by atoms with Crippen LogP contribution in [0.25, 0.3) is 0 Å². The highest BCUT2D eigenvalue weighted by atomic mass is 19.1. The predicted octanol–water partition coefficient (Wildman–Crippen LogP) is 4.45. The number of para-hydroxylation sites is 1. The summed E-state index contributed by atoms with van der Waals surface area (Å²) in [7, 11) is 0. The minimum atomic E-state index is -0.337. The third-order valence-corrected chi connectivity index (χ3v) is 2.93. The second kappa shape index (κ2) is 4.92. The minimum Gasteiger partial charge on any atom is -0.399 e. The number of rotatable bonds is 2. The summed E-state index contributed by atoms with van der Waals surface area (Å²) in [4.78, 5) is 0. The molecule has 2 rings (SSSR count). The molecule has 19 heavy (non-hydrogen) atoms. The van der Waals surface area contributed by atoms with Crippen LogP contribution in [-0.2, 0) is 5.41 Å². The maximum Gasteiger partial charge on any atom is 0.127 e. The van der Waals surface area contributed by atoms with E-state index >= 15 is 0 Å². The number of hydrogen-bond acceptors (Lipinski definition) is 2. The van der Waals surface area contributed by atoms with Crippen LogP contribution in [0.2, 0.25) is 0 Å². The first-order valence-corrected chi connectivity index (χ1v) is 6.29. The van der Waals surface area contributed by atoms with Crippen molar-refractivity contribution < 1.29 is 4.39 Å². The first-order chi connectivity index (χ1) is 8.86. The van der Waals surface area contributed by atoms with Crippen molar-refractivity contribution in [2.24, 2.45) is 0 Å². The molecule has 0 saturated carbocycles. The van der Waals surface area contributed by atoms with Gasteiger partial charge in [-0.25, -0.2) is 4.39 Å². The Hall–Kier alpha value is -2.03. The SMILES string of the molecule is CC(C)(C)c1ccccc1Nc1cc(N)cc(F)c1. The molecule has 0 unspecified atom stereocenters. The zero-order chi connectivity index (χ0) is 14.0. The highest BCUT2D eigenvalue weighted by Crippen LogP contribution is 2.31. The summed E-state index contributed by atoms with van der Waals surface area (Å²) < 4.78 is 13.3. The van der Waals surface area contributed by atoms with Crippen LogP contribution in [0, 0.1) is 5.82 Å². The second-order valence-electron chi connectivity index (χ2n) is 5.69. The molecule has 0 aromatic heterocycles. The van der Waals surface area contributed by atoms with Gasteiger partial charge in [-0.2, -0.15) is 0 Å². The van der Waals surface area contributed by atoms with E-state index in [9.17, 15) is 4.39 Å². The molecule has 0 amide bonds. The minimum absolute atomic E-state index is 0.0163. The number of nitrogens with one attached hydrogen (secondary N) is 1. The number of nitrogens with two attached hydrogens (primary N) is 1. The van der Waals surface area contributed by atoms with Crippen molar-refractivity contribution in [3.63, 3.8) is 0 Å². The van der Waals surface area contributed by atoms with Gasteiger partial charge >= 0.3 is 0 Å². The van der Waals surface area contributed by atoms with Gasteiger partial charge in [0.1, 0.15) is 5.82 Å². The zero-order valence-corrected chi connectivity index (χ0v) is 11.5. The van der Waals surface area contributed by atoms with Crippen molar-refractivity contribution in [1.82, 2.24) is 0 Å². The standard InChI is InChI=1S/C16H19FN2/c1-16(2,3)14-6-4-5-7-15(14)19-13-9-11(17)8-12(18)10-13/h4-10,19H,18H2,1-3H3. The lowest BCUT2D eigenvalue weighted by Gasteiger charge is -2.23. The summed E-state index contributed by atoms with van der Waals surface area (Å²) in [5.74, 6) is -0.337. The Bertz CT molecular complexity index is 565. The van der Waals surface area contributed by atoms with E-state index in [1.807, 2.05) is 18.2 Å². The number of nitrogen functional groups attached to an aromatic ring is 1. The molecule has 0 fully saturated rings. The van der Waals surface area contributed by atoms with Gasteiger partial charge in [0.2, 0.25) is 0 Å². The zero-order valence-electron chi connectivity index (χ0n) is 11.5. The van der Waals surface area contributed by atoms with Gasteiger partial charge in [0.05, 0.1) is 0 Å². The molecule has 0 saturated heterocycles. The molecule has 0 radical (unpaired) electrons. The highest BCUT2D eigenvalue weighted by Gasteiger charge is 2.17. The number of halogens is 1. The van der Waals surface area contributed by atoms with Crippen LogP contribution in [0.4, 0.5) is 21.5 Å². The molecule has 0 bridgehead atoms. The molecule has 0 aliphatic heterocycles. The molecule has 0 aliphatic rings. The van der Waals surface area contributed by atoms with Gasteiger partial charge in [-0.3, -0.25) is 0 Å². The third-order valence-electron chi connectivity index (χ3n) is 2.93. The fraction of sp³-hybridized carbons (Fsp3) is 0.250. The van der Waals surface area contributed by atoms with Crippen LogP contribution in [-0.4, -0.2) is 0 Å². The Morgan fingerprint density at radius 2 is 1.74 bits per heavy atom. The summed E-state index contributed by atoms with van der Waals surface area (Å²) >= 11 is 0. The summed E-state index contributed by atoms with van der Waals surface area (Å²) in [6.45, 7) is 6.44. The molecule has 2 aromatic rings. The quantitative estimate of drug-likeness (QED) is 0.781. The predicted molar refractivity (Wildman–Crippen MR) is 79.2 cm³/mol. The van der Waals surface area contributed by atoms with E-state index < -0.39 is 0 Å². The molecule has 0 heterocycles. The normalized spacial score (nSPS) is 11.4. The summed E-state index contributed by atoms with van der Waals surface area (Å²) in [5.41, 5.74) is 8.90. The fourth-order valence-electron chi connectivity index (χ4n) is 2.09. The molecule has 2 aromatic carbocycles. The largest absolute Gasteiger partial charge is 0.399 e. The van der Waals surface area contributed by atoms with Gasteiger partial charge in [0.15, 0.2) is 0 Å². The van der Waals surface area contributed by atoms with Crippen molar-refractivity contribution in [3.8, 4) is 0 Å². The first kappa shape index (κ1) is 13.4. The molecule has 3 N–H and O–H groups in total. The van der Waals surface area contributed by atoms with E-state index in [4.69, 9.17) is 5.73 Å². The Kier molecular flexibility index (Phi) is 3.47. The lowest BCUT2D eigenvalue weighted by Crippen LogP contribution is -2.13. The molecular formula is C16H19FN2. The van der Waals surface area contributed by atoms with Gasteiger partial charge in [-0.05, 0) is 35.2 Å². The van der Waals surface area contributed by atoms with Crippen LogP contribution < -0.4 is 11.1 Å². The van der Waals surface area contributed by atoms with Crippen molar-refractivity contribution in [2.45, 2.75) is 26.2 Å². The summed E-state index contributed by atoms with van der Waals surface area (Å²) in [6, 6.07) is 12.5. The van der Waals surface area contributed by atoms with E-state index in [0.29, 0.717) is 11.4 Å². The Labute approximate surface area is 113 Å².